The molecule has 0 radical (unpaired) electrons. The monoisotopic (exact) mass is 534 g/mol. The zero-order valence-electron chi connectivity index (χ0n) is 21.8. The van der Waals surface area contributed by atoms with E-state index in [0.29, 0.717) is 24.1 Å². The van der Waals surface area contributed by atoms with Crippen molar-refractivity contribution in [3.05, 3.63) is 87.1 Å². The van der Waals surface area contributed by atoms with Gasteiger partial charge in [0.2, 0.25) is 0 Å². The van der Waals surface area contributed by atoms with Crippen molar-refractivity contribution in [2.24, 2.45) is 11.8 Å². The lowest BCUT2D eigenvalue weighted by Crippen LogP contribution is -2.32. The van der Waals surface area contributed by atoms with Gasteiger partial charge >= 0.3 is 0 Å². The van der Waals surface area contributed by atoms with Crippen molar-refractivity contribution in [2.75, 3.05) is 6.54 Å². The fourth-order valence-corrected chi connectivity index (χ4v) is 7.05. The SMILES string of the molecule is Cc1csc([C@H]2CCCN2C(=O)c2cccc(C(=O)C[C@@H](Cc3cccc(F)c3)[C@H](O)C3CCCC3)c2)n1. The first-order chi connectivity index (χ1) is 18.4. The Kier molecular flexibility index (Phi) is 8.34. The Morgan fingerprint density at radius 1 is 1.08 bits per heavy atom. The lowest BCUT2D eigenvalue weighted by atomic mass is 9.81. The van der Waals surface area contributed by atoms with Crippen LogP contribution in [0.1, 0.15) is 88.0 Å². The number of rotatable bonds is 9. The third-order valence-electron chi connectivity index (χ3n) is 8.07. The van der Waals surface area contributed by atoms with Crippen LogP contribution >= 0.6 is 11.3 Å². The number of amides is 1. The first kappa shape index (κ1) is 26.7. The highest BCUT2D eigenvalue weighted by molar-refractivity contribution is 7.09. The number of aromatic nitrogens is 1. The van der Waals surface area contributed by atoms with Crippen LogP contribution in [0, 0.1) is 24.6 Å². The van der Waals surface area contributed by atoms with Gasteiger partial charge in [-0.25, -0.2) is 9.37 Å². The van der Waals surface area contributed by atoms with E-state index in [1.807, 2.05) is 23.3 Å². The molecule has 5 rings (SSSR count). The molecule has 0 unspecified atom stereocenters. The number of carbonyl (C=O) groups is 2. The van der Waals surface area contributed by atoms with Crippen molar-refractivity contribution in [1.29, 1.82) is 0 Å². The molecular weight excluding hydrogens is 499 g/mol. The molecule has 1 aromatic heterocycles. The second-order valence-corrected chi connectivity index (χ2v) is 11.7. The van der Waals surface area contributed by atoms with E-state index >= 15 is 0 Å². The number of carbonyl (C=O) groups excluding carboxylic acids is 2. The highest BCUT2D eigenvalue weighted by atomic mass is 32.1. The molecule has 1 amide bonds. The maximum absolute atomic E-state index is 13.9. The number of Topliss-reactive ketones (excluding diaryl/α,β-unsaturated/α-hetero) is 1. The molecule has 38 heavy (non-hydrogen) atoms. The number of ketones is 1. The lowest BCUT2D eigenvalue weighted by molar-refractivity contribution is 0.0456. The van der Waals surface area contributed by atoms with Crippen LogP contribution in [-0.4, -0.2) is 39.3 Å². The minimum Gasteiger partial charge on any atom is -0.393 e. The smallest absolute Gasteiger partial charge is 0.254 e. The van der Waals surface area contributed by atoms with Gasteiger partial charge in [-0.1, -0.05) is 37.1 Å². The average Bonchev–Trinajstić information content (AvgIpc) is 3.69. The summed E-state index contributed by atoms with van der Waals surface area (Å²) in [7, 11) is 0. The predicted octanol–water partition coefficient (Wildman–Crippen LogP) is 6.55. The molecular formula is C31H35FN2O3S. The van der Waals surface area contributed by atoms with E-state index in [2.05, 4.69) is 4.98 Å². The van der Waals surface area contributed by atoms with Crippen LogP contribution in [0.4, 0.5) is 4.39 Å². The van der Waals surface area contributed by atoms with E-state index in [-0.39, 0.29) is 41.8 Å². The molecule has 2 heterocycles. The third-order valence-corrected chi connectivity index (χ3v) is 9.13. The van der Waals surface area contributed by atoms with Crippen LogP contribution in [0.5, 0.6) is 0 Å². The van der Waals surface area contributed by atoms with Crippen molar-refractivity contribution in [3.63, 3.8) is 0 Å². The van der Waals surface area contributed by atoms with Crippen molar-refractivity contribution in [1.82, 2.24) is 9.88 Å². The second kappa shape index (κ2) is 11.9. The highest BCUT2D eigenvalue weighted by Gasteiger charge is 2.34. The van der Waals surface area contributed by atoms with E-state index in [9.17, 15) is 19.1 Å². The number of aliphatic hydroxyl groups excluding tert-OH is 1. The Balaban J connectivity index is 1.33. The van der Waals surface area contributed by atoms with Gasteiger partial charge in [0, 0.05) is 35.2 Å². The topological polar surface area (TPSA) is 70.5 Å². The molecule has 3 aromatic rings. The Labute approximate surface area is 227 Å². The number of benzene rings is 2. The van der Waals surface area contributed by atoms with Crippen molar-refractivity contribution in [2.45, 2.75) is 70.4 Å². The Hall–Kier alpha value is -2.90. The van der Waals surface area contributed by atoms with Gasteiger partial charge in [0.25, 0.3) is 5.91 Å². The van der Waals surface area contributed by atoms with Gasteiger partial charge in [0.15, 0.2) is 5.78 Å². The van der Waals surface area contributed by atoms with Crippen LogP contribution in [-0.2, 0) is 6.42 Å². The van der Waals surface area contributed by atoms with Gasteiger partial charge < -0.3 is 10.0 Å². The summed E-state index contributed by atoms with van der Waals surface area (Å²) in [4.78, 5) is 33.5. The largest absolute Gasteiger partial charge is 0.393 e. The first-order valence-corrected chi connectivity index (χ1v) is 14.6. The van der Waals surface area contributed by atoms with Crippen LogP contribution in [0.25, 0.3) is 0 Å². The van der Waals surface area contributed by atoms with Crippen LogP contribution in [0.3, 0.4) is 0 Å². The third kappa shape index (κ3) is 6.05. The first-order valence-electron chi connectivity index (χ1n) is 13.7. The molecule has 1 saturated carbocycles. The fraction of sp³-hybridized carbons (Fsp3) is 0.452. The normalized spacial score (nSPS) is 19.6. The quantitative estimate of drug-likeness (QED) is 0.316. The van der Waals surface area contributed by atoms with E-state index in [1.165, 1.54) is 12.1 Å². The molecule has 1 aliphatic heterocycles. The molecule has 0 bridgehead atoms. The molecule has 5 nitrogen and oxygen atoms in total. The number of hydrogen-bond acceptors (Lipinski definition) is 5. The molecule has 0 spiro atoms. The number of aryl methyl sites for hydroxylation is 1. The molecule has 200 valence electrons. The average molecular weight is 535 g/mol. The summed E-state index contributed by atoms with van der Waals surface area (Å²) >= 11 is 1.59. The summed E-state index contributed by atoms with van der Waals surface area (Å²) < 4.78 is 13.9. The molecule has 1 saturated heterocycles. The summed E-state index contributed by atoms with van der Waals surface area (Å²) in [5, 5.41) is 14.2. The molecule has 3 atom stereocenters. The number of aliphatic hydroxyl groups is 1. The predicted molar refractivity (Wildman–Crippen MR) is 147 cm³/mol. The summed E-state index contributed by atoms with van der Waals surface area (Å²) in [6, 6.07) is 13.3. The molecule has 1 aliphatic carbocycles. The van der Waals surface area contributed by atoms with Crippen molar-refractivity contribution < 1.29 is 19.1 Å². The van der Waals surface area contributed by atoms with Crippen LogP contribution in [0.2, 0.25) is 0 Å². The number of halogens is 1. The van der Waals surface area contributed by atoms with Crippen molar-refractivity contribution in [3.8, 4) is 0 Å². The van der Waals surface area contributed by atoms with Crippen LogP contribution in [0.15, 0.2) is 53.9 Å². The van der Waals surface area contributed by atoms with E-state index in [0.717, 1.165) is 54.8 Å². The van der Waals surface area contributed by atoms with Gasteiger partial charge in [0.05, 0.1) is 12.1 Å². The zero-order chi connectivity index (χ0) is 26.6. The van der Waals surface area contributed by atoms with E-state index in [4.69, 9.17) is 0 Å². The number of hydrogen-bond donors (Lipinski definition) is 1. The summed E-state index contributed by atoms with van der Waals surface area (Å²) in [6.45, 7) is 2.63. The fourth-order valence-electron chi connectivity index (χ4n) is 6.10. The Morgan fingerprint density at radius 3 is 2.58 bits per heavy atom. The summed E-state index contributed by atoms with van der Waals surface area (Å²) in [6.07, 6.45) is 5.85. The van der Waals surface area contributed by atoms with Gasteiger partial charge in [-0.15, -0.1) is 11.3 Å². The van der Waals surface area contributed by atoms with E-state index < -0.39 is 6.10 Å². The number of likely N-dealkylation sites (tertiary alicyclic amines) is 1. The Morgan fingerprint density at radius 2 is 1.84 bits per heavy atom. The number of thiazole rings is 1. The molecule has 1 N–H and O–H groups in total. The lowest BCUT2D eigenvalue weighted by Gasteiger charge is -2.27. The molecule has 7 heteroatoms. The molecule has 2 fully saturated rings. The maximum atomic E-state index is 13.9. The second-order valence-electron chi connectivity index (χ2n) is 10.8. The van der Waals surface area contributed by atoms with Gasteiger partial charge in [-0.3, -0.25) is 9.59 Å². The van der Waals surface area contributed by atoms with Gasteiger partial charge in [-0.2, -0.15) is 0 Å². The van der Waals surface area contributed by atoms with Gasteiger partial charge in [0.1, 0.15) is 10.8 Å². The number of nitrogens with zero attached hydrogens (tertiary/aromatic N) is 2. The van der Waals surface area contributed by atoms with Crippen molar-refractivity contribution >= 4 is 23.0 Å². The summed E-state index contributed by atoms with van der Waals surface area (Å²) in [5.74, 6) is -0.662. The highest BCUT2D eigenvalue weighted by Crippen LogP contribution is 2.36. The molecule has 2 aromatic carbocycles. The maximum Gasteiger partial charge on any atom is 0.254 e. The zero-order valence-corrected chi connectivity index (χ0v) is 22.6. The van der Waals surface area contributed by atoms with Crippen LogP contribution < -0.4 is 0 Å². The minimum absolute atomic E-state index is 0.0298. The van der Waals surface area contributed by atoms with Gasteiger partial charge in [-0.05, 0) is 80.7 Å². The Bertz CT molecular complexity index is 1290. The van der Waals surface area contributed by atoms with E-state index in [1.54, 1.807) is 41.7 Å². The minimum atomic E-state index is -0.623. The summed E-state index contributed by atoms with van der Waals surface area (Å²) in [5.41, 5.74) is 2.71. The standard InChI is InChI=1S/C31H35FN2O3S/c1-20-19-38-30(33-20)27-13-6-14-34(27)31(37)24-11-5-10-23(17-24)28(35)18-25(29(36)22-8-2-3-9-22)15-21-7-4-12-26(32)16-21/h4-5,7,10-12,16-17,19,22,25,27,29,36H,2-3,6,8-9,13-15,18H2,1H3/t25-,27-,29-/m1/s1. The molecule has 2 aliphatic rings.